The number of rotatable bonds is 14. The first-order chi connectivity index (χ1) is 15.8. The van der Waals surface area contributed by atoms with Crippen LogP contribution < -0.4 is 5.32 Å². The summed E-state index contributed by atoms with van der Waals surface area (Å²) in [4.78, 5) is 12.0. The normalized spacial score (nSPS) is 16.0. The number of aliphatic hydroxyl groups is 1. The monoisotopic (exact) mass is 473 g/mol. The number of carbonyl (C=O) groups is 1. The summed E-state index contributed by atoms with van der Waals surface area (Å²) in [5, 5.41) is 25.2. The molecule has 1 aromatic heterocycles. The van der Waals surface area contributed by atoms with E-state index in [9.17, 15) is 9.90 Å². The van der Waals surface area contributed by atoms with Gasteiger partial charge in [-0.3, -0.25) is 4.79 Å². The summed E-state index contributed by atoms with van der Waals surface area (Å²) < 4.78 is 6.15. The minimum atomic E-state index is -0.784. The van der Waals surface area contributed by atoms with Gasteiger partial charge in [-0.2, -0.15) is 0 Å². The zero-order chi connectivity index (χ0) is 23.8. The molecular weight excluding hydrogens is 434 g/mol. The Labute approximate surface area is 202 Å². The largest absolute Gasteiger partial charge is 0.481 e. The van der Waals surface area contributed by atoms with Crippen LogP contribution in [-0.4, -0.2) is 41.0 Å². The zero-order valence-electron chi connectivity index (χ0n) is 20.2. The molecule has 0 aliphatic heterocycles. The number of aliphatic hydroxyl groups excluding tert-OH is 1. The van der Waals surface area contributed by atoms with Crippen molar-refractivity contribution < 1.29 is 19.7 Å². The fraction of sp³-hybridized carbons (Fsp3) is 0.593. The van der Waals surface area contributed by atoms with Crippen LogP contribution in [0.5, 0.6) is 0 Å². The highest BCUT2D eigenvalue weighted by Crippen LogP contribution is 2.32. The molecule has 1 aliphatic carbocycles. The van der Waals surface area contributed by atoms with Gasteiger partial charge in [-0.05, 0) is 80.0 Å². The number of aryl methyl sites for hydroxylation is 1. The number of aliphatic carboxylic acids is 1. The highest BCUT2D eigenvalue weighted by Gasteiger charge is 2.28. The fourth-order valence-electron chi connectivity index (χ4n) is 4.92. The van der Waals surface area contributed by atoms with Gasteiger partial charge in [0.2, 0.25) is 0 Å². The lowest BCUT2D eigenvalue weighted by molar-refractivity contribution is -0.136. The summed E-state index contributed by atoms with van der Waals surface area (Å²) in [6, 6.07) is 10.8. The van der Waals surface area contributed by atoms with Gasteiger partial charge in [-0.25, -0.2) is 0 Å². The first kappa shape index (κ1) is 25.9. The highest BCUT2D eigenvalue weighted by molar-refractivity contribution is 7.10. The van der Waals surface area contributed by atoms with Crippen molar-refractivity contribution in [1.82, 2.24) is 5.32 Å². The van der Waals surface area contributed by atoms with Crippen LogP contribution in [-0.2, 0) is 28.8 Å². The fourth-order valence-corrected chi connectivity index (χ4v) is 5.85. The molecule has 3 rings (SSSR count). The molecule has 1 aromatic carbocycles. The van der Waals surface area contributed by atoms with E-state index in [4.69, 9.17) is 9.84 Å². The minimum absolute atomic E-state index is 0.0616. The van der Waals surface area contributed by atoms with E-state index in [1.165, 1.54) is 11.1 Å². The van der Waals surface area contributed by atoms with Gasteiger partial charge in [0.25, 0.3) is 0 Å². The molecule has 0 fully saturated rings. The van der Waals surface area contributed by atoms with Gasteiger partial charge in [0.15, 0.2) is 0 Å². The average molecular weight is 474 g/mol. The lowest BCUT2D eigenvalue weighted by atomic mass is 9.88. The summed E-state index contributed by atoms with van der Waals surface area (Å²) in [5.74, 6) is -0.150. The molecule has 6 heteroatoms. The molecular formula is C27H39NO4S. The van der Waals surface area contributed by atoms with Crippen LogP contribution in [0.15, 0.2) is 35.7 Å². The molecule has 0 saturated carbocycles. The number of β-amino-alcohol motifs (C(OH)–C–C–N with tert-alkyl or cyclic N) is 1. The summed E-state index contributed by atoms with van der Waals surface area (Å²) in [7, 11) is 0. The maximum absolute atomic E-state index is 11.0. The standard InChI is InChI=1S/C27H39NO4S/c1-4-7-24(23-12-13-33-25(23)10-11-26(30)31)32-18-22(29)17-28-27(2,3)16-19-14-20-8-5-6-9-21(20)15-19/h5-6,8-9,12-13,19,22,24,28-29H,4,7,10-11,14-18H2,1-3H3,(H,30,31)/t22-,24?/m1/s1. The lowest BCUT2D eigenvalue weighted by Crippen LogP contribution is -2.45. The Balaban J connectivity index is 1.46. The molecule has 1 heterocycles. The quantitative estimate of drug-likeness (QED) is 0.353. The molecule has 33 heavy (non-hydrogen) atoms. The van der Waals surface area contributed by atoms with Crippen molar-refractivity contribution in [3.05, 3.63) is 57.3 Å². The van der Waals surface area contributed by atoms with Gasteiger partial charge >= 0.3 is 5.97 Å². The number of nitrogens with one attached hydrogen (secondary N) is 1. The van der Waals surface area contributed by atoms with Crippen LogP contribution >= 0.6 is 11.3 Å². The molecule has 0 saturated heterocycles. The number of hydrogen-bond acceptors (Lipinski definition) is 5. The Hall–Kier alpha value is -1.73. The number of hydrogen-bond donors (Lipinski definition) is 3. The topological polar surface area (TPSA) is 78.8 Å². The Morgan fingerprint density at radius 1 is 1.24 bits per heavy atom. The number of benzene rings is 1. The number of carboxylic acid groups (broad SMARTS) is 1. The van der Waals surface area contributed by atoms with E-state index in [1.807, 2.05) is 11.4 Å². The highest BCUT2D eigenvalue weighted by atomic mass is 32.1. The zero-order valence-corrected chi connectivity index (χ0v) is 21.0. The number of fused-ring (bicyclic) bond motifs is 1. The second-order valence-corrected chi connectivity index (χ2v) is 11.0. The van der Waals surface area contributed by atoms with Crippen molar-refractivity contribution in [2.24, 2.45) is 5.92 Å². The van der Waals surface area contributed by atoms with E-state index in [1.54, 1.807) is 11.3 Å². The maximum Gasteiger partial charge on any atom is 0.303 e. The predicted molar refractivity (Wildman–Crippen MR) is 134 cm³/mol. The van der Waals surface area contributed by atoms with E-state index in [-0.39, 0.29) is 24.7 Å². The van der Waals surface area contributed by atoms with Gasteiger partial charge in [0.05, 0.1) is 25.2 Å². The average Bonchev–Trinajstić information content (AvgIpc) is 3.39. The predicted octanol–water partition coefficient (Wildman–Crippen LogP) is 5.16. The Kier molecular flexibility index (Phi) is 9.50. The smallest absolute Gasteiger partial charge is 0.303 e. The van der Waals surface area contributed by atoms with Crippen molar-refractivity contribution in [3.63, 3.8) is 0 Å². The molecule has 3 N–H and O–H groups in total. The molecule has 1 aliphatic rings. The molecule has 0 amide bonds. The molecule has 0 bridgehead atoms. The van der Waals surface area contributed by atoms with E-state index in [0.717, 1.165) is 42.5 Å². The third-order valence-corrected chi connectivity index (χ3v) is 7.48. The second kappa shape index (κ2) is 12.1. The van der Waals surface area contributed by atoms with Crippen LogP contribution in [0.25, 0.3) is 0 Å². The van der Waals surface area contributed by atoms with Crippen LogP contribution in [0, 0.1) is 5.92 Å². The first-order valence-corrected chi connectivity index (χ1v) is 13.0. The molecule has 2 atom stereocenters. The van der Waals surface area contributed by atoms with Gasteiger partial charge in [0, 0.05) is 17.0 Å². The molecule has 0 radical (unpaired) electrons. The number of carboxylic acids is 1. The van der Waals surface area contributed by atoms with Crippen molar-refractivity contribution in [3.8, 4) is 0 Å². The molecule has 1 unspecified atom stereocenters. The molecule has 5 nitrogen and oxygen atoms in total. The SMILES string of the molecule is CCCC(OC[C@H](O)CNC(C)(C)CC1Cc2ccccc2C1)c1ccsc1CCC(=O)O. The number of thiophene rings is 1. The summed E-state index contributed by atoms with van der Waals surface area (Å²) >= 11 is 1.59. The summed E-state index contributed by atoms with van der Waals surface area (Å²) in [6.45, 7) is 7.28. The third kappa shape index (κ3) is 7.92. The Bertz CT molecular complexity index is 869. The van der Waals surface area contributed by atoms with Gasteiger partial charge in [-0.15, -0.1) is 11.3 Å². The van der Waals surface area contributed by atoms with Crippen LogP contribution in [0.4, 0.5) is 0 Å². The van der Waals surface area contributed by atoms with E-state index >= 15 is 0 Å². The lowest BCUT2D eigenvalue weighted by Gasteiger charge is -2.31. The van der Waals surface area contributed by atoms with Gasteiger partial charge in [-0.1, -0.05) is 37.6 Å². The first-order valence-electron chi connectivity index (χ1n) is 12.2. The third-order valence-electron chi connectivity index (χ3n) is 6.48. The van der Waals surface area contributed by atoms with Crippen molar-refractivity contribution in [2.45, 2.75) is 83.5 Å². The van der Waals surface area contributed by atoms with Crippen LogP contribution in [0.2, 0.25) is 0 Å². The Morgan fingerprint density at radius 2 is 1.94 bits per heavy atom. The summed E-state index contributed by atoms with van der Waals surface area (Å²) in [5.41, 5.74) is 3.97. The van der Waals surface area contributed by atoms with Crippen LogP contribution in [0.3, 0.4) is 0 Å². The van der Waals surface area contributed by atoms with Gasteiger partial charge < -0.3 is 20.3 Å². The van der Waals surface area contributed by atoms with Crippen molar-refractivity contribution in [1.29, 1.82) is 0 Å². The van der Waals surface area contributed by atoms with E-state index in [2.05, 4.69) is 50.4 Å². The van der Waals surface area contributed by atoms with Crippen molar-refractivity contribution in [2.75, 3.05) is 13.2 Å². The van der Waals surface area contributed by atoms with Crippen LogP contribution in [0.1, 0.15) is 74.1 Å². The maximum atomic E-state index is 11.0. The minimum Gasteiger partial charge on any atom is -0.481 e. The van der Waals surface area contributed by atoms with Gasteiger partial charge in [0.1, 0.15) is 0 Å². The Morgan fingerprint density at radius 3 is 2.58 bits per heavy atom. The molecule has 182 valence electrons. The molecule has 0 spiro atoms. The second-order valence-electron chi connectivity index (χ2n) is 9.97. The summed E-state index contributed by atoms with van der Waals surface area (Å²) in [6.07, 6.45) is 5.10. The number of ether oxygens (including phenoxy) is 1. The van der Waals surface area contributed by atoms with E-state index in [0.29, 0.717) is 18.9 Å². The van der Waals surface area contributed by atoms with E-state index < -0.39 is 12.1 Å². The van der Waals surface area contributed by atoms with Crippen molar-refractivity contribution >= 4 is 17.3 Å². The molecule has 2 aromatic rings.